The van der Waals surface area contributed by atoms with E-state index in [0.29, 0.717) is 36.8 Å². The number of hydrogen-bond donors (Lipinski definition) is 3. The summed E-state index contributed by atoms with van der Waals surface area (Å²) in [5, 5.41) is 13.7. The lowest BCUT2D eigenvalue weighted by molar-refractivity contribution is 0.135. The molecule has 1 atom stereocenters. The Morgan fingerprint density at radius 1 is 1.19 bits per heavy atom. The van der Waals surface area contributed by atoms with E-state index in [0.717, 1.165) is 38.3 Å². The number of anilines is 1. The van der Waals surface area contributed by atoms with E-state index in [9.17, 15) is 5.11 Å². The Labute approximate surface area is 124 Å². The van der Waals surface area contributed by atoms with E-state index < -0.39 is 6.10 Å². The zero-order chi connectivity index (χ0) is 14.7. The molecule has 1 fully saturated rings. The summed E-state index contributed by atoms with van der Waals surface area (Å²) in [5.41, 5.74) is 7.33. The van der Waals surface area contributed by atoms with Crippen LogP contribution in [0.2, 0.25) is 0 Å². The topological polar surface area (TPSA) is 80.0 Å². The van der Waals surface area contributed by atoms with E-state index in [2.05, 4.69) is 10.2 Å². The summed E-state index contributed by atoms with van der Waals surface area (Å²) in [6.45, 7) is 6.04. The average Bonchev–Trinajstić information content (AvgIpc) is 2.53. The third-order valence-corrected chi connectivity index (χ3v) is 4.04. The van der Waals surface area contributed by atoms with E-state index in [1.807, 2.05) is 6.07 Å². The van der Waals surface area contributed by atoms with Crippen LogP contribution in [0, 0.1) is 0 Å². The molecule has 0 spiro atoms. The number of piperazine rings is 1. The van der Waals surface area contributed by atoms with Gasteiger partial charge in [-0.05, 0) is 12.5 Å². The highest BCUT2D eigenvalue weighted by Gasteiger charge is 2.20. The number of hydrogen-bond acceptors (Lipinski definition) is 6. The van der Waals surface area contributed by atoms with Crippen LogP contribution < -0.4 is 20.5 Å². The van der Waals surface area contributed by atoms with Gasteiger partial charge in [-0.25, -0.2) is 0 Å². The minimum Gasteiger partial charge on any atom is -0.486 e. The quantitative estimate of drug-likeness (QED) is 0.696. The van der Waals surface area contributed by atoms with Crippen LogP contribution in [0.15, 0.2) is 12.1 Å². The molecule has 4 N–H and O–H groups in total. The molecule has 21 heavy (non-hydrogen) atoms. The first-order chi connectivity index (χ1) is 10.2. The van der Waals surface area contributed by atoms with Gasteiger partial charge in [-0.15, -0.1) is 0 Å². The maximum atomic E-state index is 10.4. The molecule has 6 heteroatoms. The van der Waals surface area contributed by atoms with Crippen LogP contribution in [0.3, 0.4) is 0 Å². The standard InChI is InChI=1S/C15H23N3O3/c16-12-10-15-14(20-7-8-21-15)9-11(12)13(19)1-4-18-5-2-17-3-6-18/h9-10,13,17,19H,1-8,16H2. The van der Waals surface area contributed by atoms with Crippen molar-refractivity contribution in [2.24, 2.45) is 0 Å². The van der Waals surface area contributed by atoms with Gasteiger partial charge in [0.2, 0.25) is 0 Å². The summed E-state index contributed by atoms with van der Waals surface area (Å²) in [4.78, 5) is 2.36. The van der Waals surface area contributed by atoms with Crippen molar-refractivity contribution < 1.29 is 14.6 Å². The molecule has 116 valence electrons. The molecule has 0 aliphatic carbocycles. The summed E-state index contributed by atoms with van der Waals surface area (Å²) in [6, 6.07) is 3.56. The second-order valence-electron chi connectivity index (χ2n) is 5.52. The third kappa shape index (κ3) is 3.40. The zero-order valence-corrected chi connectivity index (χ0v) is 12.2. The summed E-state index contributed by atoms with van der Waals surface area (Å²) in [5.74, 6) is 1.34. The van der Waals surface area contributed by atoms with E-state index in [1.165, 1.54) is 0 Å². The van der Waals surface area contributed by atoms with Gasteiger partial charge in [-0.1, -0.05) is 0 Å². The normalized spacial score (nSPS) is 20.2. The van der Waals surface area contributed by atoms with Crippen LogP contribution in [-0.4, -0.2) is 55.9 Å². The van der Waals surface area contributed by atoms with Gasteiger partial charge in [0.15, 0.2) is 11.5 Å². The van der Waals surface area contributed by atoms with Gasteiger partial charge in [-0.2, -0.15) is 0 Å². The molecule has 0 radical (unpaired) electrons. The molecule has 2 aliphatic heterocycles. The van der Waals surface area contributed by atoms with Gasteiger partial charge >= 0.3 is 0 Å². The number of fused-ring (bicyclic) bond motifs is 1. The second kappa shape index (κ2) is 6.51. The number of nitrogens with zero attached hydrogens (tertiary/aromatic N) is 1. The van der Waals surface area contributed by atoms with Gasteiger partial charge in [0, 0.05) is 50.0 Å². The minimum absolute atomic E-state index is 0.535. The molecule has 0 bridgehead atoms. The van der Waals surface area contributed by atoms with Gasteiger partial charge in [0.1, 0.15) is 13.2 Å². The highest BCUT2D eigenvalue weighted by molar-refractivity contribution is 5.59. The Balaban J connectivity index is 1.64. The molecular formula is C15H23N3O3. The van der Waals surface area contributed by atoms with E-state index in [4.69, 9.17) is 15.2 Å². The van der Waals surface area contributed by atoms with E-state index in [1.54, 1.807) is 6.07 Å². The molecule has 3 rings (SSSR count). The number of ether oxygens (including phenoxy) is 2. The van der Waals surface area contributed by atoms with Gasteiger partial charge in [0.25, 0.3) is 0 Å². The van der Waals surface area contributed by atoms with Crippen LogP contribution in [0.1, 0.15) is 18.1 Å². The lowest BCUT2D eigenvalue weighted by atomic mass is 10.0. The van der Waals surface area contributed by atoms with Crippen LogP contribution in [0.5, 0.6) is 11.5 Å². The van der Waals surface area contributed by atoms with Gasteiger partial charge in [0.05, 0.1) is 6.10 Å². The van der Waals surface area contributed by atoms with E-state index in [-0.39, 0.29) is 0 Å². The molecule has 1 unspecified atom stereocenters. The van der Waals surface area contributed by atoms with Crippen LogP contribution in [0.25, 0.3) is 0 Å². The number of nitrogens with one attached hydrogen (secondary N) is 1. The maximum absolute atomic E-state index is 10.4. The molecule has 6 nitrogen and oxygen atoms in total. The fraction of sp³-hybridized carbons (Fsp3) is 0.600. The maximum Gasteiger partial charge on any atom is 0.163 e. The summed E-state index contributed by atoms with van der Waals surface area (Å²) in [6.07, 6.45) is 0.0971. The van der Waals surface area contributed by atoms with Crippen molar-refractivity contribution in [3.05, 3.63) is 17.7 Å². The Hall–Kier alpha value is -1.50. The van der Waals surface area contributed by atoms with Crippen LogP contribution in [0.4, 0.5) is 5.69 Å². The summed E-state index contributed by atoms with van der Waals surface area (Å²) < 4.78 is 11.0. The highest BCUT2D eigenvalue weighted by atomic mass is 16.6. The van der Waals surface area contributed by atoms with Crippen molar-refractivity contribution in [1.29, 1.82) is 0 Å². The van der Waals surface area contributed by atoms with Crippen molar-refractivity contribution in [2.75, 3.05) is 51.7 Å². The lowest BCUT2D eigenvalue weighted by Gasteiger charge is -2.28. The van der Waals surface area contributed by atoms with Crippen molar-refractivity contribution in [3.63, 3.8) is 0 Å². The Morgan fingerprint density at radius 3 is 2.57 bits per heavy atom. The van der Waals surface area contributed by atoms with Crippen molar-refractivity contribution in [3.8, 4) is 11.5 Å². The Bertz CT molecular complexity index is 489. The largest absolute Gasteiger partial charge is 0.486 e. The molecule has 1 saturated heterocycles. The monoisotopic (exact) mass is 293 g/mol. The Kier molecular flexibility index (Phi) is 4.48. The lowest BCUT2D eigenvalue weighted by Crippen LogP contribution is -2.44. The highest BCUT2D eigenvalue weighted by Crippen LogP contribution is 2.37. The smallest absolute Gasteiger partial charge is 0.163 e. The number of aliphatic hydroxyl groups is 1. The third-order valence-electron chi connectivity index (χ3n) is 4.04. The zero-order valence-electron chi connectivity index (χ0n) is 12.2. The molecule has 1 aromatic rings. The van der Waals surface area contributed by atoms with Gasteiger partial charge < -0.3 is 30.5 Å². The van der Waals surface area contributed by atoms with Crippen molar-refractivity contribution in [1.82, 2.24) is 10.2 Å². The molecule has 2 heterocycles. The summed E-state index contributed by atoms with van der Waals surface area (Å²) in [7, 11) is 0. The molecule has 2 aliphatic rings. The predicted octanol–water partition coefficient (Wildman–Crippen LogP) is 0.369. The fourth-order valence-electron chi connectivity index (χ4n) is 2.80. The summed E-state index contributed by atoms with van der Waals surface area (Å²) >= 11 is 0. The van der Waals surface area contributed by atoms with Gasteiger partial charge in [-0.3, -0.25) is 0 Å². The number of nitrogens with two attached hydrogens (primary N) is 1. The first-order valence-electron chi connectivity index (χ1n) is 7.54. The molecule has 1 aromatic carbocycles. The second-order valence-corrected chi connectivity index (χ2v) is 5.52. The van der Waals surface area contributed by atoms with Crippen molar-refractivity contribution >= 4 is 5.69 Å². The number of benzene rings is 1. The molecule has 0 saturated carbocycles. The Morgan fingerprint density at radius 2 is 1.86 bits per heavy atom. The van der Waals surface area contributed by atoms with Crippen LogP contribution >= 0.6 is 0 Å². The number of nitrogen functional groups attached to an aromatic ring is 1. The average molecular weight is 293 g/mol. The predicted molar refractivity (Wildman–Crippen MR) is 80.7 cm³/mol. The molecule has 0 amide bonds. The minimum atomic E-state index is -0.573. The fourth-order valence-corrected chi connectivity index (χ4v) is 2.80. The molecular weight excluding hydrogens is 270 g/mol. The number of aliphatic hydroxyl groups excluding tert-OH is 1. The SMILES string of the molecule is Nc1cc2c(cc1C(O)CCN1CCNCC1)OCCO2. The van der Waals surface area contributed by atoms with Crippen molar-refractivity contribution in [2.45, 2.75) is 12.5 Å². The first kappa shape index (κ1) is 14.4. The first-order valence-corrected chi connectivity index (χ1v) is 7.54. The number of rotatable bonds is 4. The van der Waals surface area contributed by atoms with Crippen LogP contribution in [-0.2, 0) is 0 Å². The molecule has 0 aromatic heterocycles. The van der Waals surface area contributed by atoms with E-state index >= 15 is 0 Å².